The monoisotopic (exact) mass is 275 g/mol. The smallest absolute Gasteiger partial charge is 0.243 e. The number of hydrogen-bond donors (Lipinski definition) is 1. The van der Waals surface area contributed by atoms with Crippen molar-refractivity contribution in [2.24, 2.45) is 5.92 Å². The molecule has 2 rings (SSSR count). The fourth-order valence-corrected chi connectivity index (χ4v) is 2.48. The van der Waals surface area contributed by atoms with E-state index in [0.717, 1.165) is 11.1 Å². The fourth-order valence-electron chi connectivity index (χ4n) is 2.48. The van der Waals surface area contributed by atoms with Gasteiger partial charge in [-0.05, 0) is 30.4 Å². The molecule has 1 saturated heterocycles. The molecule has 1 aliphatic rings. The van der Waals surface area contributed by atoms with E-state index in [4.69, 9.17) is 0 Å². The molecule has 108 valence electrons. The molecular weight excluding hydrogens is 254 g/mol. The van der Waals surface area contributed by atoms with E-state index in [0.29, 0.717) is 18.9 Å². The van der Waals surface area contributed by atoms with E-state index in [9.17, 15) is 9.59 Å². The Morgan fingerprint density at radius 3 is 2.80 bits per heavy atom. The summed E-state index contributed by atoms with van der Waals surface area (Å²) in [6.07, 6.45) is 4.20. The summed E-state index contributed by atoms with van der Waals surface area (Å²) in [5, 5.41) is 2.67. The highest BCUT2D eigenvalue weighted by atomic mass is 16.2. The van der Waals surface area contributed by atoms with Gasteiger partial charge in [0.1, 0.15) is 6.04 Å². The van der Waals surface area contributed by atoms with Crippen molar-refractivity contribution in [3.05, 3.63) is 29.6 Å². The van der Waals surface area contributed by atoms with Gasteiger partial charge < -0.3 is 10.2 Å². The molecule has 2 amide bonds. The standard InChI is InChI=1S/C15H21N3O2/c1-10(2)4-13-15(20)17-8-14(19)18(13)9-12-5-11(3)6-16-7-12/h5-7,10,13H,4,8-9H2,1-3H3,(H,17,20). The first-order valence-corrected chi connectivity index (χ1v) is 6.95. The van der Waals surface area contributed by atoms with Crippen LogP contribution in [0.2, 0.25) is 0 Å². The van der Waals surface area contributed by atoms with E-state index >= 15 is 0 Å². The molecule has 1 aromatic rings. The third-order valence-corrected chi connectivity index (χ3v) is 3.39. The molecule has 0 bridgehead atoms. The van der Waals surface area contributed by atoms with Crippen LogP contribution in [0.15, 0.2) is 18.5 Å². The van der Waals surface area contributed by atoms with Gasteiger partial charge in [-0.2, -0.15) is 0 Å². The number of carbonyl (C=O) groups excluding carboxylic acids is 2. The Kier molecular flexibility index (Phi) is 4.37. The van der Waals surface area contributed by atoms with Gasteiger partial charge in [0.05, 0.1) is 6.54 Å². The summed E-state index contributed by atoms with van der Waals surface area (Å²) in [5.41, 5.74) is 2.01. The second-order valence-corrected chi connectivity index (χ2v) is 5.76. The highest BCUT2D eigenvalue weighted by Gasteiger charge is 2.34. The minimum absolute atomic E-state index is 0.0308. The molecule has 5 heteroatoms. The molecule has 0 spiro atoms. The number of nitrogens with zero attached hydrogens (tertiary/aromatic N) is 2. The van der Waals surface area contributed by atoms with Gasteiger partial charge in [-0.3, -0.25) is 14.6 Å². The van der Waals surface area contributed by atoms with Crippen LogP contribution in [0.4, 0.5) is 0 Å². The topological polar surface area (TPSA) is 62.3 Å². The van der Waals surface area contributed by atoms with Crippen molar-refractivity contribution in [2.45, 2.75) is 39.8 Å². The SMILES string of the molecule is Cc1cncc(CN2C(=O)CNC(=O)C2CC(C)C)c1. The molecular formula is C15H21N3O2. The van der Waals surface area contributed by atoms with Gasteiger partial charge in [-0.25, -0.2) is 0 Å². The Morgan fingerprint density at radius 2 is 2.15 bits per heavy atom. The van der Waals surface area contributed by atoms with Gasteiger partial charge >= 0.3 is 0 Å². The Hall–Kier alpha value is -1.91. The zero-order valence-corrected chi connectivity index (χ0v) is 12.2. The minimum Gasteiger partial charge on any atom is -0.345 e. The molecule has 1 aromatic heterocycles. The van der Waals surface area contributed by atoms with Crippen LogP contribution in [-0.2, 0) is 16.1 Å². The molecule has 0 saturated carbocycles. The Balaban J connectivity index is 2.19. The Bertz CT molecular complexity index is 514. The molecule has 1 unspecified atom stereocenters. The van der Waals surface area contributed by atoms with E-state index in [1.807, 2.05) is 13.0 Å². The van der Waals surface area contributed by atoms with Crippen LogP contribution in [0.25, 0.3) is 0 Å². The molecule has 1 atom stereocenters. The molecule has 1 fully saturated rings. The normalized spacial score (nSPS) is 19.4. The lowest BCUT2D eigenvalue weighted by atomic mass is 9.99. The van der Waals surface area contributed by atoms with Crippen molar-refractivity contribution in [2.75, 3.05) is 6.54 Å². The quantitative estimate of drug-likeness (QED) is 0.900. The molecule has 1 N–H and O–H groups in total. The van der Waals surface area contributed by atoms with E-state index in [1.54, 1.807) is 17.3 Å². The number of piperazine rings is 1. The first kappa shape index (κ1) is 14.5. The molecule has 20 heavy (non-hydrogen) atoms. The largest absolute Gasteiger partial charge is 0.345 e. The lowest BCUT2D eigenvalue weighted by molar-refractivity contribution is -0.146. The molecule has 1 aliphatic heterocycles. The predicted molar refractivity (Wildman–Crippen MR) is 75.8 cm³/mol. The second kappa shape index (κ2) is 6.03. The van der Waals surface area contributed by atoms with Gasteiger partial charge in [0, 0.05) is 18.9 Å². The van der Waals surface area contributed by atoms with Gasteiger partial charge in [-0.1, -0.05) is 19.9 Å². The second-order valence-electron chi connectivity index (χ2n) is 5.76. The Morgan fingerprint density at radius 1 is 1.40 bits per heavy atom. The Labute approximate surface area is 119 Å². The number of nitrogens with one attached hydrogen (secondary N) is 1. The molecule has 0 aromatic carbocycles. The van der Waals surface area contributed by atoms with Crippen molar-refractivity contribution >= 4 is 11.8 Å². The van der Waals surface area contributed by atoms with Crippen LogP contribution in [0.1, 0.15) is 31.4 Å². The third-order valence-electron chi connectivity index (χ3n) is 3.39. The van der Waals surface area contributed by atoms with Crippen LogP contribution < -0.4 is 5.32 Å². The van der Waals surface area contributed by atoms with Crippen LogP contribution in [0.3, 0.4) is 0 Å². The van der Waals surface area contributed by atoms with Gasteiger partial charge in [0.15, 0.2) is 0 Å². The summed E-state index contributed by atoms with van der Waals surface area (Å²) in [5.74, 6) is 0.269. The van der Waals surface area contributed by atoms with Crippen molar-refractivity contribution in [3.63, 3.8) is 0 Å². The summed E-state index contributed by atoms with van der Waals surface area (Å²) < 4.78 is 0. The maximum atomic E-state index is 12.1. The fraction of sp³-hybridized carbons (Fsp3) is 0.533. The van der Waals surface area contributed by atoms with E-state index in [1.165, 1.54) is 0 Å². The number of carbonyl (C=O) groups is 2. The van der Waals surface area contributed by atoms with Gasteiger partial charge in [-0.15, -0.1) is 0 Å². The number of hydrogen-bond acceptors (Lipinski definition) is 3. The minimum atomic E-state index is -0.378. The molecule has 5 nitrogen and oxygen atoms in total. The first-order chi connectivity index (χ1) is 9.47. The summed E-state index contributed by atoms with van der Waals surface area (Å²) in [6, 6.07) is 1.62. The van der Waals surface area contributed by atoms with E-state index < -0.39 is 0 Å². The summed E-state index contributed by atoms with van der Waals surface area (Å²) in [7, 11) is 0. The van der Waals surface area contributed by atoms with Crippen LogP contribution >= 0.6 is 0 Å². The van der Waals surface area contributed by atoms with Crippen LogP contribution in [0, 0.1) is 12.8 Å². The molecule has 0 radical (unpaired) electrons. The summed E-state index contributed by atoms with van der Waals surface area (Å²) >= 11 is 0. The van der Waals surface area contributed by atoms with Crippen molar-refractivity contribution in [1.82, 2.24) is 15.2 Å². The van der Waals surface area contributed by atoms with Gasteiger partial charge in [0.25, 0.3) is 0 Å². The lowest BCUT2D eigenvalue weighted by Gasteiger charge is -2.35. The van der Waals surface area contributed by atoms with E-state index in [2.05, 4.69) is 24.1 Å². The van der Waals surface area contributed by atoms with Crippen molar-refractivity contribution in [1.29, 1.82) is 0 Å². The van der Waals surface area contributed by atoms with Crippen LogP contribution in [-0.4, -0.2) is 34.3 Å². The first-order valence-electron chi connectivity index (χ1n) is 6.95. The van der Waals surface area contributed by atoms with E-state index in [-0.39, 0.29) is 24.4 Å². The molecule has 2 heterocycles. The maximum Gasteiger partial charge on any atom is 0.243 e. The van der Waals surface area contributed by atoms with Gasteiger partial charge in [0.2, 0.25) is 11.8 Å². The highest BCUT2D eigenvalue weighted by molar-refractivity contribution is 5.94. The molecule has 0 aliphatic carbocycles. The average Bonchev–Trinajstić information content (AvgIpc) is 2.38. The average molecular weight is 275 g/mol. The number of amides is 2. The highest BCUT2D eigenvalue weighted by Crippen LogP contribution is 2.18. The lowest BCUT2D eigenvalue weighted by Crippen LogP contribution is -2.58. The zero-order chi connectivity index (χ0) is 14.7. The number of pyridine rings is 1. The van der Waals surface area contributed by atoms with Crippen LogP contribution in [0.5, 0.6) is 0 Å². The predicted octanol–water partition coefficient (Wildman–Crippen LogP) is 1.26. The number of aromatic nitrogens is 1. The number of aryl methyl sites for hydroxylation is 1. The third kappa shape index (κ3) is 3.35. The van der Waals surface area contributed by atoms with Crippen molar-refractivity contribution < 1.29 is 9.59 Å². The maximum absolute atomic E-state index is 12.1. The van der Waals surface area contributed by atoms with Crippen molar-refractivity contribution in [3.8, 4) is 0 Å². The number of rotatable bonds is 4. The summed E-state index contributed by atoms with van der Waals surface area (Å²) in [4.78, 5) is 30.0. The zero-order valence-electron chi connectivity index (χ0n) is 12.2. The summed E-state index contributed by atoms with van der Waals surface area (Å²) in [6.45, 7) is 6.61.